The number of rotatable bonds is 5. The van der Waals surface area contributed by atoms with E-state index in [0.717, 1.165) is 6.29 Å². The van der Waals surface area contributed by atoms with Crippen molar-refractivity contribution in [3.05, 3.63) is 59.3 Å². The van der Waals surface area contributed by atoms with Gasteiger partial charge in [-0.15, -0.1) is 0 Å². The van der Waals surface area contributed by atoms with Crippen molar-refractivity contribution in [3.63, 3.8) is 0 Å². The molecule has 0 saturated heterocycles. The van der Waals surface area contributed by atoms with Gasteiger partial charge in [-0.05, 0) is 50.2 Å². The summed E-state index contributed by atoms with van der Waals surface area (Å²) >= 11 is 0. The first-order valence-corrected chi connectivity index (χ1v) is 7.31. The summed E-state index contributed by atoms with van der Waals surface area (Å²) in [6, 6.07) is 0. The summed E-state index contributed by atoms with van der Waals surface area (Å²) in [5.41, 5.74) is 4.51. The summed E-state index contributed by atoms with van der Waals surface area (Å²) in [4.78, 5) is 10.1. The van der Waals surface area contributed by atoms with Crippen LogP contribution < -0.4 is 0 Å². The molecule has 0 atom stereocenters. The van der Waals surface area contributed by atoms with Crippen LogP contribution >= 0.6 is 0 Å². The number of hydrogen-bond donors (Lipinski definition) is 0. The number of allylic oxidation sites excluding steroid dienone is 10. The third-order valence-corrected chi connectivity index (χ3v) is 3.83. The molecule has 1 nitrogen and oxygen atoms in total. The van der Waals surface area contributed by atoms with Crippen LogP contribution in [-0.4, -0.2) is 6.29 Å². The van der Waals surface area contributed by atoms with Gasteiger partial charge in [-0.1, -0.05) is 61.4 Å². The molecule has 0 aromatic rings. The highest BCUT2D eigenvalue weighted by atomic mass is 16.1. The van der Waals surface area contributed by atoms with E-state index in [1.54, 1.807) is 6.08 Å². The molecule has 20 heavy (non-hydrogen) atoms. The Morgan fingerprint density at radius 3 is 2.50 bits per heavy atom. The van der Waals surface area contributed by atoms with E-state index in [2.05, 4.69) is 45.9 Å². The van der Waals surface area contributed by atoms with Crippen molar-refractivity contribution in [2.75, 3.05) is 0 Å². The maximum absolute atomic E-state index is 10.1. The molecule has 0 saturated carbocycles. The molecular weight excluding hydrogens is 244 g/mol. The van der Waals surface area contributed by atoms with Crippen LogP contribution in [-0.2, 0) is 4.79 Å². The van der Waals surface area contributed by atoms with Gasteiger partial charge in [0.05, 0.1) is 0 Å². The second kappa shape index (κ2) is 7.84. The van der Waals surface area contributed by atoms with Crippen molar-refractivity contribution >= 4 is 6.29 Å². The van der Waals surface area contributed by atoms with Gasteiger partial charge in [0.1, 0.15) is 6.29 Å². The van der Waals surface area contributed by atoms with E-state index in [9.17, 15) is 4.79 Å². The Morgan fingerprint density at radius 2 is 1.85 bits per heavy atom. The highest BCUT2D eigenvalue weighted by molar-refractivity contribution is 5.65. The number of aldehydes is 1. The van der Waals surface area contributed by atoms with Crippen molar-refractivity contribution in [2.24, 2.45) is 5.41 Å². The fraction of sp³-hybridized carbons (Fsp3) is 0.421. The summed E-state index contributed by atoms with van der Waals surface area (Å²) in [6.45, 7) is 9.01. The molecule has 1 rings (SSSR count). The minimum absolute atomic E-state index is 0.293. The molecule has 0 fully saturated rings. The van der Waals surface area contributed by atoms with Crippen LogP contribution in [0.15, 0.2) is 59.3 Å². The van der Waals surface area contributed by atoms with E-state index < -0.39 is 0 Å². The minimum Gasteiger partial charge on any atom is -0.299 e. The monoisotopic (exact) mass is 270 g/mol. The first-order chi connectivity index (χ1) is 9.47. The molecule has 108 valence electrons. The minimum atomic E-state index is 0.293. The highest BCUT2D eigenvalue weighted by Crippen LogP contribution is 2.40. The maximum Gasteiger partial charge on any atom is 0.142 e. The fourth-order valence-electron chi connectivity index (χ4n) is 2.66. The molecule has 0 heterocycles. The lowest BCUT2D eigenvalue weighted by atomic mass is 9.72. The Bertz CT molecular complexity index is 482. The van der Waals surface area contributed by atoms with Gasteiger partial charge < -0.3 is 0 Å². The van der Waals surface area contributed by atoms with E-state index in [1.165, 1.54) is 42.1 Å². The third-order valence-electron chi connectivity index (χ3n) is 3.83. The smallest absolute Gasteiger partial charge is 0.142 e. The Kier molecular flexibility index (Phi) is 6.44. The van der Waals surface area contributed by atoms with Gasteiger partial charge in [0, 0.05) is 0 Å². The van der Waals surface area contributed by atoms with Crippen LogP contribution in [0.25, 0.3) is 0 Å². The average Bonchev–Trinajstić information content (AvgIpc) is 2.37. The molecular formula is C19H26O. The molecule has 0 spiro atoms. The Hall–Kier alpha value is -1.63. The molecule has 0 N–H and O–H groups in total. The predicted octanol–water partition coefficient (Wildman–Crippen LogP) is 5.33. The standard InChI is InChI=1S/C19H26O/c1-16(10-7-5-6-8-15-20)12-13-18-17(2)11-9-14-19(18,3)4/h5-8,10,12-13,15H,9,11,14H2,1-4H3/b7-5+,8-6-,13-12+,16-10+. The van der Waals surface area contributed by atoms with Crippen molar-refractivity contribution in [3.8, 4) is 0 Å². The maximum atomic E-state index is 10.1. The molecule has 0 aromatic heterocycles. The van der Waals surface area contributed by atoms with E-state index in [1.807, 2.05) is 12.2 Å². The van der Waals surface area contributed by atoms with E-state index >= 15 is 0 Å². The van der Waals surface area contributed by atoms with E-state index in [-0.39, 0.29) is 0 Å². The lowest BCUT2D eigenvalue weighted by Gasteiger charge is -2.32. The second-order valence-corrected chi connectivity index (χ2v) is 6.08. The fourth-order valence-corrected chi connectivity index (χ4v) is 2.66. The molecule has 1 heteroatoms. The predicted molar refractivity (Wildman–Crippen MR) is 87.6 cm³/mol. The Labute approximate surface area is 123 Å². The Morgan fingerprint density at radius 1 is 1.15 bits per heavy atom. The lowest BCUT2D eigenvalue weighted by molar-refractivity contribution is -0.104. The first-order valence-electron chi connectivity index (χ1n) is 7.31. The summed E-state index contributed by atoms with van der Waals surface area (Å²) in [5, 5.41) is 0. The zero-order chi connectivity index (χ0) is 15.0. The quantitative estimate of drug-likeness (QED) is 0.375. The van der Waals surface area contributed by atoms with E-state index in [0.29, 0.717) is 5.41 Å². The SMILES string of the molecule is CC1=C(/C=C/C(C)=C/C=C/C=C\C=O)C(C)(C)CCC1. The molecule has 0 radical (unpaired) electrons. The van der Waals surface area contributed by atoms with Crippen LogP contribution in [0.1, 0.15) is 47.0 Å². The third kappa shape index (κ3) is 5.16. The molecule has 0 amide bonds. The summed E-state index contributed by atoms with van der Waals surface area (Å²) in [5.74, 6) is 0. The van der Waals surface area contributed by atoms with E-state index in [4.69, 9.17) is 0 Å². The second-order valence-electron chi connectivity index (χ2n) is 6.08. The van der Waals surface area contributed by atoms with Gasteiger partial charge in [0.25, 0.3) is 0 Å². The molecule has 0 aliphatic heterocycles. The zero-order valence-electron chi connectivity index (χ0n) is 13.1. The van der Waals surface area contributed by atoms with Crippen LogP contribution in [0.5, 0.6) is 0 Å². The summed E-state index contributed by atoms with van der Waals surface area (Å²) < 4.78 is 0. The Balaban J connectivity index is 2.76. The van der Waals surface area contributed by atoms with Gasteiger partial charge >= 0.3 is 0 Å². The van der Waals surface area contributed by atoms with Crippen LogP contribution in [0.2, 0.25) is 0 Å². The molecule has 0 bridgehead atoms. The highest BCUT2D eigenvalue weighted by Gasteiger charge is 2.26. The first kappa shape index (κ1) is 16.4. The number of hydrogen-bond acceptors (Lipinski definition) is 1. The van der Waals surface area contributed by atoms with Gasteiger partial charge in [-0.3, -0.25) is 4.79 Å². The largest absolute Gasteiger partial charge is 0.299 e. The van der Waals surface area contributed by atoms with Gasteiger partial charge in [-0.2, -0.15) is 0 Å². The average molecular weight is 270 g/mol. The number of carbonyl (C=O) groups excluding carboxylic acids is 1. The molecule has 0 unspecified atom stereocenters. The van der Waals surface area contributed by atoms with Crippen LogP contribution in [0.4, 0.5) is 0 Å². The van der Waals surface area contributed by atoms with Gasteiger partial charge in [-0.25, -0.2) is 0 Å². The van der Waals surface area contributed by atoms with Crippen molar-refractivity contribution in [1.29, 1.82) is 0 Å². The van der Waals surface area contributed by atoms with Gasteiger partial charge in [0.15, 0.2) is 0 Å². The number of carbonyl (C=O) groups is 1. The van der Waals surface area contributed by atoms with Crippen molar-refractivity contribution < 1.29 is 4.79 Å². The van der Waals surface area contributed by atoms with Crippen LogP contribution in [0.3, 0.4) is 0 Å². The van der Waals surface area contributed by atoms with Gasteiger partial charge in [0.2, 0.25) is 0 Å². The molecule has 1 aliphatic carbocycles. The lowest BCUT2D eigenvalue weighted by Crippen LogP contribution is -2.19. The van der Waals surface area contributed by atoms with Crippen molar-refractivity contribution in [1.82, 2.24) is 0 Å². The molecule has 0 aromatic carbocycles. The molecule has 1 aliphatic rings. The normalized spacial score (nSPS) is 20.5. The summed E-state index contributed by atoms with van der Waals surface area (Å²) in [6.07, 6.45) is 18.1. The topological polar surface area (TPSA) is 17.1 Å². The van der Waals surface area contributed by atoms with Crippen LogP contribution in [0, 0.1) is 5.41 Å². The zero-order valence-corrected chi connectivity index (χ0v) is 13.1. The van der Waals surface area contributed by atoms with Crippen molar-refractivity contribution in [2.45, 2.75) is 47.0 Å². The summed E-state index contributed by atoms with van der Waals surface area (Å²) in [7, 11) is 0.